The SMILES string of the molecule is C=CCOC(=O)c1cccc(C)c1[N+](=O)[O-]. The van der Waals surface area contributed by atoms with Crippen LogP contribution in [0.4, 0.5) is 5.69 Å². The van der Waals surface area contributed by atoms with Gasteiger partial charge in [-0.2, -0.15) is 0 Å². The molecule has 0 aliphatic heterocycles. The highest BCUT2D eigenvalue weighted by Crippen LogP contribution is 2.23. The van der Waals surface area contributed by atoms with Crippen molar-refractivity contribution in [2.24, 2.45) is 0 Å². The normalized spacial score (nSPS) is 9.56. The molecule has 0 atom stereocenters. The maximum Gasteiger partial charge on any atom is 0.345 e. The molecule has 0 bridgehead atoms. The van der Waals surface area contributed by atoms with Crippen molar-refractivity contribution in [2.45, 2.75) is 6.92 Å². The van der Waals surface area contributed by atoms with Crippen molar-refractivity contribution < 1.29 is 14.5 Å². The van der Waals surface area contributed by atoms with Crippen LogP contribution in [0.1, 0.15) is 15.9 Å². The van der Waals surface area contributed by atoms with E-state index in [1.54, 1.807) is 19.1 Å². The van der Waals surface area contributed by atoms with Crippen molar-refractivity contribution in [1.82, 2.24) is 0 Å². The average Bonchev–Trinajstić information content (AvgIpc) is 2.24. The number of esters is 1. The van der Waals surface area contributed by atoms with E-state index in [9.17, 15) is 14.9 Å². The average molecular weight is 221 g/mol. The summed E-state index contributed by atoms with van der Waals surface area (Å²) in [4.78, 5) is 21.7. The van der Waals surface area contributed by atoms with Gasteiger partial charge in [-0.3, -0.25) is 10.1 Å². The van der Waals surface area contributed by atoms with Gasteiger partial charge in [0, 0.05) is 5.56 Å². The molecule has 0 N–H and O–H groups in total. The number of nitro benzene ring substituents is 1. The molecule has 0 aliphatic rings. The molecule has 1 aromatic rings. The van der Waals surface area contributed by atoms with E-state index in [0.717, 1.165) is 0 Å². The van der Waals surface area contributed by atoms with Crippen molar-refractivity contribution in [3.63, 3.8) is 0 Å². The number of hydrogen-bond donors (Lipinski definition) is 0. The van der Waals surface area contributed by atoms with Crippen LogP contribution in [-0.2, 0) is 4.74 Å². The minimum atomic E-state index is -0.713. The van der Waals surface area contributed by atoms with Gasteiger partial charge in [0.2, 0.25) is 0 Å². The smallest absolute Gasteiger partial charge is 0.345 e. The summed E-state index contributed by atoms with van der Waals surface area (Å²) in [5, 5.41) is 10.8. The first-order chi connectivity index (χ1) is 7.57. The summed E-state index contributed by atoms with van der Waals surface area (Å²) in [6, 6.07) is 4.52. The Hall–Kier alpha value is -2.17. The van der Waals surface area contributed by atoms with Crippen molar-refractivity contribution in [3.05, 3.63) is 52.1 Å². The van der Waals surface area contributed by atoms with Gasteiger partial charge in [-0.15, -0.1) is 0 Å². The lowest BCUT2D eigenvalue weighted by Crippen LogP contribution is -2.09. The Morgan fingerprint density at radius 1 is 1.62 bits per heavy atom. The summed E-state index contributed by atoms with van der Waals surface area (Å²) in [5.41, 5.74) is 0.182. The Labute approximate surface area is 92.5 Å². The Morgan fingerprint density at radius 3 is 2.88 bits per heavy atom. The quantitative estimate of drug-likeness (QED) is 0.338. The lowest BCUT2D eigenvalue weighted by Gasteiger charge is -2.04. The van der Waals surface area contributed by atoms with Crippen LogP contribution in [0, 0.1) is 17.0 Å². The van der Waals surface area contributed by atoms with Crippen LogP contribution < -0.4 is 0 Å². The summed E-state index contributed by atoms with van der Waals surface area (Å²) in [7, 11) is 0. The number of aryl methyl sites for hydroxylation is 1. The van der Waals surface area contributed by atoms with Crippen LogP contribution >= 0.6 is 0 Å². The lowest BCUT2D eigenvalue weighted by atomic mass is 10.1. The molecule has 0 heterocycles. The van der Waals surface area contributed by atoms with E-state index < -0.39 is 10.9 Å². The molecule has 5 heteroatoms. The van der Waals surface area contributed by atoms with E-state index in [4.69, 9.17) is 4.74 Å². The van der Waals surface area contributed by atoms with E-state index >= 15 is 0 Å². The highest BCUT2D eigenvalue weighted by molar-refractivity contribution is 5.94. The third kappa shape index (κ3) is 2.44. The third-order valence-corrected chi connectivity index (χ3v) is 1.97. The van der Waals surface area contributed by atoms with Crippen LogP contribution in [0.2, 0.25) is 0 Å². The van der Waals surface area contributed by atoms with E-state index in [1.807, 2.05) is 0 Å². The maximum absolute atomic E-state index is 11.5. The van der Waals surface area contributed by atoms with Gasteiger partial charge in [-0.25, -0.2) is 4.79 Å². The van der Waals surface area contributed by atoms with Crippen LogP contribution in [0.25, 0.3) is 0 Å². The molecule has 0 saturated carbocycles. The molecular weight excluding hydrogens is 210 g/mol. The van der Waals surface area contributed by atoms with E-state index in [-0.39, 0.29) is 17.9 Å². The fraction of sp³-hybridized carbons (Fsp3) is 0.182. The minimum absolute atomic E-state index is 0.0317. The molecule has 16 heavy (non-hydrogen) atoms. The van der Waals surface area contributed by atoms with Gasteiger partial charge in [0.05, 0.1) is 4.92 Å². The van der Waals surface area contributed by atoms with Gasteiger partial charge in [-0.05, 0) is 13.0 Å². The second kappa shape index (κ2) is 5.06. The molecule has 0 spiro atoms. The number of carbonyl (C=O) groups is 1. The molecule has 84 valence electrons. The summed E-state index contributed by atoms with van der Waals surface area (Å²) < 4.78 is 4.76. The number of para-hydroxylation sites is 1. The highest BCUT2D eigenvalue weighted by Gasteiger charge is 2.22. The van der Waals surface area contributed by atoms with Gasteiger partial charge in [0.15, 0.2) is 0 Å². The number of benzene rings is 1. The number of rotatable bonds is 4. The van der Waals surface area contributed by atoms with Gasteiger partial charge >= 0.3 is 5.97 Å². The topological polar surface area (TPSA) is 69.4 Å². The van der Waals surface area contributed by atoms with E-state index in [1.165, 1.54) is 12.1 Å². The van der Waals surface area contributed by atoms with Crippen LogP contribution in [0.3, 0.4) is 0 Å². The molecular formula is C11H11NO4. The van der Waals surface area contributed by atoms with E-state index in [2.05, 4.69) is 6.58 Å². The summed E-state index contributed by atoms with van der Waals surface area (Å²) in [6.45, 7) is 4.99. The molecule has 0 aliphatic carbocycles. The predicted molar refractivity (Wildman–Crippen MR) is 58.3 cm³/mol. The highest BCUT2D eigenvalue weighted by atomic mass is 16.6. The summed E-state index contributed by atoms with van der Waals surface area (Å²) in [5.74, 6) is -0.713. The fourth-order valence-corrected chi connectivity index (χ4v) is 1.28. The lowest BCUT2D eigenvalue weighted by molar-refractivity contribution is -0.385. The zero-order valence-corrected chi connectivity index (χ0v) is 8.80. The summed E-state index contributed by atoms with van der Waals surface area (Å²) in [6.07, 6.45) is 1.40. The maximum atomic E-state index is 11.5. The first kappa shape index (κ1) is 11.9. The standard InChI is InChI=1S/C11H11NO4/c1-3-7-16-11(13)9-6-4-5-8(2)10(9)12(14)15/h3-6H,1,7H2,2H3. The number of hydrogen-bond acceptors (Lipinski definition) is 4. The van der Waals surface area contributed by atoms with Crippen molar-refractivity contribution >= 4 is 11.7 Å². The molecule has 1 aromatic carbocycles. The number of carbonyl (C=O) groups excluding carboxylic acids is 1. The molecule has 0 aromatic heterocycles. The van der Waals surface area contributed by atoms with Crippen LogP contribution in [-0.4, -0.2) is 17.5 Å². The molecule has 0 fully saturated rings. The molecule has 0 unspecified atom stereocenters. The Morgan fingerprint density at radius 2 is 2.31 bits per heavy atom. The Bertz CT molecular complexity index is 440. The van der Waals surface area contributed by atoms with Crippen molar-refractivity contribution in [1.29, 1.82) is 0 Å². The van der Waals surface area contributed by atoms with Gasteiger partial charge in [0.1, 0.15) is 12.2 Å². The number of nitrogens with zero attached hydrogens (tertiary/aromatic N) is 1. The molecule has 0 saturated heterocycles. The van der Waals surface area contributed by atoms with Crippen molar-refractivity contribution in [3.8, 4) is 0 Å². The number of ether oxygens (including phenoxy) is 1. The molecule has 5 nitrogen and oxygen atoms in total. The largest absolute Gasteiger partial charge is 0.458 e. The Balaban J connectivity index is 3.12. The number of nitro groups is 1. The van der Waals surface area contributed by atoms with Crippen molar-refractivity contribution in [2.75, 3.05) is 6.61 Å². The van der Waals surface area contributed by atoms with Gasteiger partial charge in [0.25, 0.3) is 5.69 Å². The van der Waals surface area contributed by atoms with E-state index in [0.29, 0.717) is 5.56 Å². The predicted octanol–water partition coefficient (Wildman–Crippen LogP) is 2.25. The zero-order valence-electron chi connectivity index (χ0n) is 8.80. The van der Waals surface area contributed by atoms with Gasteiger partial charge < -0.3 is 4.74 Å². The second-order valence-corrected chi connectivity index (χ2v) is 3.12. The zero-order chi connectivity index (χ0) is 12.1. The monoisotopic (exact) mass is 221 g/mol. The third-order valence-electron chi connectivity index (χ3n) is 1.97. The van der Waals surface area contributed by atoms with Crippen LogP contribution in [0.15, 0.2) is 30.9 Å². The fourth-order valence-electron chi connectivity index (χ4n) is 1.28. The summed E-state index contributed by atoms with van der Waals surface area (Å²) >= 11 is 0. The molecule has 1 rings (SSSR count). The first-order valence-electron chi connectivity index (χ1n) is 4.60. The van der Waals surface area contributed by atoms with Crippen LogP contribution in [0.5, 0.6) is 0 Å². The first-order valence-corrected chi connectivity index (χ1v) is 4.60. The molecule has 0 amide bonds. The molecule has 0 radical (unpaired) electrons. The minimum Gasteiger partial charge on any atom is -0.458 e. The Kier molecular flexibility index (Phi) is 3.77. The second-order valence-electron chi connectivity index (χ2n) is 3.12. The van der Waals surface area contributed by atoms with Gasteiger partial charge in [-0.1, -0.05) is 24.8 Å².